The summed E-state index contributed by atoms with van der Waals surface area (Å²) in [6, 6.07) is 8.35. The van der Waals surface area contributed by atoms with E-state index >= 15 is 0 Å². The first-order valence-electron chi connectivity index (χ1n) is 10.5. The van der Waals surface area contributed by atoms with Gasteiger partial charge >= 0.3 is 0 Å². The normalized spacial score (nSPS) is 18.5. The largest absolute Gasteiger partial charge is 0.373 e. The number of aromatic nitrogens is 3. The van der Waals surface area contributed by atoms with Gasteiger partial charge < -0.3 is 19.9 Å². The van der Waals surface area contributed by atoms with Crippen molar-refractivity contribution in [2.75, 3.05) is 29.9 Å². The van der Waals surface area contributed by atoms with E-state index in [2.05, 4.69) is 31.2 Å². The summed E-state index contributed by atoms with van der Waals surface area (Å²) >= 11 is 3.14. The van der Waals surface area contributed by atoms with Crippen LogP contribution >= 0.6 is 15.9 Å². The first kappa shape index (κ1) is 22.2. The van der Waals surface area contributed by atoms with Gasteiger partial charge in [0.15, 0.2) is 0 Å². The van der Waals surface area contributed by atoms with Crippen LogP contribution in [0, 0.1) is 5.82 Å². The predicted octanol–water partition coefficient (Wildman–Crippen LogP) is 3.96. The molecule has 11 heteroatoms. The van der Waals surface area contributed by atoms with Crippen LogP contribution < -0.4 is 10.2 Å². The standard InChI is InChI=1S/C22H22BrF3N6O/c1-30-17(20(33)32-11-22(25,26)12-32)8-13-5-7-31(10-18(13)30)21-27-6-4-19(29-21)28-14-2-3-15(23)16(24)9-14/h2-4,6,8-9,20,33H,5,7,10-12H2,1H3,(H,27,28,29). The summed E-state index contributed by atoms with van der Waals surface area (Å²) in [6.45, 7) is 0.313. The molecule has 5 rings (SSSR count). The molecule has 2 aliphatic heterocycles. The summed E-state index contributed by atoms with van der Waals surface area (Å²) in [5.41, 5.74) is 3.24. The molecular weight excluding hydrogens is 501 g/mol. The van der Waals surface area contributed by atoms with E-state index in [1.165, 1.54) is 11.0 Å². The summed E-state index contributed by atoms with van der Waals surface area (Å²) in [5.74, 6) is -2.05. The molecule has 4 heterocycles. The van der Waals surface area contributed by atoms with Crippen LogP contribution in [0.25, 0.3) is 0 Å². The minimum absolute atomic E-state index is 0.374. The number of anilines is 3. The second kappa shape index (κ2) is 8.30. The van der Waals surface area contributed by atoms with Gasteiger partial charge in [0, 0.05) is 31.2 Å². The maximum Gasteiger partial charge on any atom is 0.273 e. The molecule has 0 spiro atoms. The molecular formula is C22H22BrF3N6O. The van der Waals surface area contributed by atoms with E-state index < -0.39 is 25.2 Å². The molecule has 2 aromatic heterocycles. The number of nitrogens with zero attached hydrogens (tertiary/aromatic N) is 5. The smallest absolute Gasteiger partial charge is 0.273 e. The van der Waals surface area contributed by atoms with Gasteiger partial charge in [0.05, 0.1) is 29.8 Å². The van der Waals surface area contributed by atoms with Crippen LogP contribution in [0.2, 0.25) is 0 Å². The van der Waals surface area contributed by atoms with Gasteiger partial charge in [0.25, 0.3) is 5.92 Å². The third-order valence-electron chi connectivity index (χ3n) is 6.07. The average molecular weight is 523 g/mol. The van der Waals surface area contributed by atoms with E-state index in [-0.39, 0.29) is 5.82 Å². The van der Waals surface area contributed by atoms with Gasteiger partial charge in [-0.3, -0.25) is 4.90 Å². The molecule has 0 bridgehead atoms. The minimum Gasteiger partial charge on any atom is -0.373 e. The summed E-state index contributed by atoms with van der Waals surface area (Å²) < 4.78 is 42.5. The maximum absolute atomic E-state index is 13.8. The number of hydrogen-bond acceptors (Lipinski definition) is 6. The lowest BCUT2D eigenvalue weighted by molar-refractivity contribution is -0.187. The van der Waals surface area contributed by atoms with Crippen molar-refractivity contribution in [1.82, 2.24) is 19.4 Å². The number of nitrogens with one attached hydrogen (secondary N) is 1. The number of aliphatic hydroxyl groups is 1. The summed E-state index contributed by atoms with van der Waals surface area (Å²) in [5, 5.41) is 13.7. The molecule has 1 fully saturated rings. The highest BCUT2D eigenvalue weighted by atomic mass is 79.9. The third-order valence-corrected chi connectivity index (χ3v) is 6.72. The van der Waals surface area contributed by atoms with Crippen molar-refractivity contribution in [3.05, 3.63) is 63.8 Å². The summed E-state index contributed by atoms with van der Waals surface area (Å²) in [6.07, 6.45) is 1.29. The number of hydrogen-bond donors (Lipinski definition) is 2. The van der Waals surface area contributed by atoms with Crippen LogP contribution in [-0.2, 0) is 20.0 Å². The van der Waals surface area contributed by atoms with Gasteiger partial charge in [-0.1, -0.05) is 0 Å². The molecule has 1 aromatic carbocycles. The van der Waals surface area contributed by atoms with Crippen LogP contribution in [0.5, 0.6) is 0 Å². The molecule has 1 saturated heterocycles. The van der Waals surface area contributed by atoms with Gasteiger partial charge in [0.1, 0.15) is 17.9 Å². The van der Waals surface area contributed by atoms with E-state index in [1.54, 1.807) is 24.4 Å². The Hall–Kier alpha value is -2.63. The highest BCUT2D eigenvalue weighted by Gasteiger charge is 2.47. The molecule has 0 amide bonds. The quantitative estimate of drug-likeness (QED) is 0.528. The lowest BCUT2D eigenvalue weighted by Crippen LogP contribution is -2.57. The topological polar surface area (TPSA) is 69.5 Å². The number of benzene rings is 1. The highest BCUT2D eigenvalue weighted by molar-refractivity contribution is 9.10. The Bertz CT molecular complexity index is 1190. The molecule has 33 heavy (non-hydrogen) atoms. The van der Waals surface area contributed by atoms with Crippen LogP contribution in [0.15, 0.2) is 41.0 Å². The Morgan fingerprint density at radius 1 is 1.21 bits per heavy atom. The van der Waals surface area contributed by atoms with E-state index in [0.29, 0.717) is 47.1 Å². The molecule has 0 aliphatic carbocycles. The Labute approximate surface area is 197 Å². The number of rotatable bonds is 5. The van der Waals surface area contributed by atoms with E-state index in [4.69, 9.17) is 0 Å². The zero-order valence-corrected chi connectivity index (χ0v) is 19.4. The van der Waals surface area contributed by atoms with E-state index in [9.17, 15) is 18.3 Å². The zero-order chi connectivity index (χ0) is 23.3. The van der Waals surface area contributed by atoms with Gasteiger partial charge in [-0.05, 0) is 58.2 Å². The summed E-state index contributed by atoms with van der Waals surface area (Å²) in [4.78, 5) is 12.3. The van der Waals surface area contributed by atoms with Crippen LogP contribution in [0.4, 0.5) is 30.6 Å². The van der Waals surface area contributed by atoms with E-state index in [1.807, 2.05) is 22.6 Å². The monoisotopic (exact) mass is 522 g/mol. The van der Waals surface area contributed by atoms with Crippen molar-refractivity contribution in [1.29, 1.82) is 0 Å². The molecule has 2 N–H and O–H groups in total. The lowest BCUT2D eigenvalue weighted by atomic mass is 10.1. The molecule has 174 valence electrons. The fourth-order valence-electron chi connectivity index (χ4n) is 4.29. The van der Waals surface area contributed by atoms with Gasteiger partial charge in [-0.2, -0.15) is 4.98 Å². The Morgan fingerprint density at radius 2 is 2.00 bits per heavy atom. The second-order valence-corrected chi connectivity index (χ2v) is 9.26. The van der Waals surface area contributed by atoms with Gasteiger partial charge in [0.2, 0.25) is 5.95 Å². The third kappa shape index (κ3) is 4.32. The second-order valence-electron chi connectivity index (χ2n) is 8.40. The number of alkyl halides is 2. The first-order chi connectivity index (χ1) is 15.7. The van der Waals surface area contributed by atoms with Gasteiger partial charge in [-0.25, -0.2) is 18.2 Å². The molecule has 3 aromatic rings. The average Bonchev–Trinajstić information content (AvgIpc) is 3.10. The van der Waals surface area contributed by atoms with Crippen LogP contribution in [0.3, 0.4) is 0 Å². The van der Waals surface area contributed by atoms with Crippen LogP contribution in [0.1, 0.15) is 23.2 Å². The maximum atomic E-state index is 13.8. The van der Waals surface area contributed by atoms with Crippen molar-refractivity contribution in [2.24, 2.45) is 7.05 Å². The Balaban J connectivity index is 1.32. The molecule has 1 atom stereocenters. The SMILES string of the molecule is Cn1c(C(O)N2CC(F)(F)C2)cc2c1CN(c1nccc(Nc3ccc(Br)c(F)c3)n1)CC2. The molecule has 1 unspecified atom stereocenters. The summed E-state index contributed by atoms with van der Waals surface area (Å²) in [7, 11) is 1.83. The highest BCUT2D eigenvalue weighted by Crippen LogP contribution is 2.35. The predicted molar refractivity (Wildman–Crippen MR) is 121 cm³/mol. The van der Waals surface area contributed by atoms with Crippen molar-refractivity contribution >= 4 is 33.4 Å². The lowest BCUT2D eigenvalue weighted by Gasteiger charge is -2.41. The van der Waals surface area contributed by atoms with Crippen molar-refractivity contribution < 1.29 is 18.3 Å². The number of aliphatic hydroxyl groups excluding tert-OH is 1. The number of likely N-dealkylation sites (tertiary alicyclic amines) is 1. The fraction of sp³-hybridized carbons (Fsp3) is 0.364. The zero-order valence-electron chi connectivity index (χ0n) is 17.8. The number of fused-ring (bicyclic) bond motifs is 1. The molecule has 0 saturated carbocycles. The Morgan fingerprint density at radius 3 is 2.73 bits per heavy atom. The van der Waals surface area contributed by atoms with Crippen molar-refractivity contribution in [3.8, 4) is 0 Å². The fourth-order valence-corrected chi connectivity index (χ4v) is 4.53. The van der Waals surface area contributed by atoms with Crippen molar-refractivity contribution in [3.63, 3.8) is 0 Å². The first-order valence-corrected chi connectivity index (χ1v) is 11.3. The minimum atomic E-state index is -2.74. The number of halogens is 4. The molecule has 2 aliphatic rings. The van der Waals surface area contributed by atoms with Crippen molar-refractivity contribution in [2.45, 2.75) is 25.1 Å². The molecule has 7 nitrogen and oxygen atoms in total. The Kier molecular flexibility index (Phi) is 5.58. The van der Waals surface area contributed by atoms with E-state index in [0.717, 1.165) is 11.3 Å². The molecule has 0 radical (unpaired) electrons. The van der Waals surface area contributed by atoms with Gasteiger partial charge in [-0.15, -0.1) is 0 Å². The van der Waals surface area contributed by atoms with Crippen LogP contribution in [-0.4, -0.2) is 50.1 Å².